The quantitative estimate of drug-likeness (QED) is 0.736. The first kappa shape index (κ1) is 20.3. The molecule has 1 aromatic heterocycles. The summed E-state index contributed by atoms with van der Waals surface area (Å²) in [7, 11) is 1.38. The van der Waals surface area contributed by atoms with Crippen LogP contribution in [0.3, 0.4) is 0 Å². The maximum absolute atomic E-state index is 12.7. The van der Waals surface area contributed by atoms with Gasteiger partial charge in [-0.25, -0.2) is 9.78 Å². The average Bonchev–Trinajstić information content (AvgIpc) is 3.02. The van der Waals surface area contributed by atoms with Crippen LogP contribution >= 0.6 is 11.8 Å². The number of methoxy groups -OCH3 is 1. The minimum absolute atomic E-state index is 0.0622. The molecule has 0 atom stereocenters. The first-order valence-corrected chi connectivity index (χ1v) is 10.3. The van der Waals surface area contributed by atoms with Crippen LogP contribution in [0.25, 0.3) is 5.69 Å². The van der Waals surface area contributed by atoms with Crippen molar-refractivity contribution in [2.75, 3.05) is 39.0 Å². The van der Waals surface area contributed by atoms with Crippen molar-refractivity contribution in [3.63, 3.8) is 0 Å². The number of ether oxygens (including phenoxy) is 1. The van der Waals surface area contributed by atoms with Crippen LogP contribution in [-0.2, 0) is 9.53 Å². The van der Waals surface area contributed by atoms with Crippen LogP contribution in [0.4, 0.5) is 4.79 Å². The molecule has 8 heteroatoms. The van der Waals surface area contributed by atoms with E-state index >= 15 is 0 Å². The van der Waals surface area contributed by atoms with E-state index in [1.54, 1.807) is 11.1 Å². The Kier molecular flexibility index (Phi) is 6.61. The lowest BCUT2D eigenvalue weighted by molar-refractivity contribution is -0.128. The molecule has 0 bridgehead atoms. The second-order valence-electron chi connectivity index (χ2n) is 6.85. The SMILES string of the molecule is COC(=O)N1CCCN(C(=O)CSc2nccn2-c2cc(C)ccc2C)CC1. The highest BCUT2D eigenvalue weighted by atomic mass is 32.2. The highest BCUT2D eigenvalue weighted by Crippen LogP contribution is 2.24. The predicted octanol–water partition coefficient (Wildman–Crippen LogP) is 2.88. The molecule has 0 aliphatic carbocycles. The Hall–Kier alpha value is -2.48. The predicted molar refractivity (Wildman–Crippen MR) is 109 cm³/mol. The number of benzene rings is 1. The van der Waals surface area contributed by atoms with E-state index in [1.807, 2.05) is 15.7 Å². The zero-order valence-electron chi connectivity index (χ0n) is 16.6. The van der Waals surface area contributed by atoms with Crippen LogP contribution < -0.4 is 0 Å². The van der Waals surface area contributed by atoms with E-state index in [1.165, 1.54) is 24.4 Å². The fourth-order valence-corrected chi connectivity index (χ4v) is 4.12. The fourth-order valence-electron chi connectivity index (χ4n) is 3.25. The molecule has 0 spiro atoms. The molecule has 2 aromatic rings. The zero-order chi connectivity index (χ0) is 20.1. The first-order valence-electron chi connectivity index (χ1n) is 9.34. The third-order valence-electron chi connectivity index (χ3n) is 4.84. The van der Waals surface area contributed by atoms with Crippen molar-refractivity contribution in [3.8, 4) is 5.69 Å². The largest absolute Gasteiger partial charge is 0.453 e. The number of thioether (sulfide) groups is 1. The number of rotatable bonds is 4. The average molecular weight is 403 g/mol. The lowest BCUT2D eigenvalue weighted by atomic mass is 10.1. The molecule has 150 valence electrons. The normalized spacial score (nSPS) is 14.7. The van der Waals surface area contributed by atoms with Gasteiger partial charge in [0.1, 0.15) is 0 Å². The summed E-state index contributed by atoms with van der Waals surface area (Å²) < 4.78 is 6.81. The van der Waals surface area contributed by atoms with Gasteiger partial charge in [0.05, 0.1) is 18.6 Å². The number of amides is 2. The Morgan fingerprint density at radius 3 is 2.68 bits per heavy atom. The van der Waals surface area contributed by atoms with E-state index in [0.717, 1.165) is 22.8 Å². The third kappa shape index (κ3) is 4.67. The molecule has 1 aliphatic rings. The van der Waals surface area contributed by atoms with Crippen molar-refractivity contribution in [2.45, 2.75) is 25.4 Å². The number of aromatic nitrogens is 2. The summed E-state index contributed by atoms with van der Waals surface area (Å²) in [5.74, 6) is 0.382. The monoisotopic (exact) mass is 402 g/mol. The number of carbonyl (C=O) groups excluding carboxylic acids is 2. The Morgan fingerprint density at radius 1 is 1.14 bits per heavy atom. The molecule has 2 amide bonds. The van der Waals surface area contributed by atoms with E-state index in [2.05, 4.69) is 37.0 Å². The van der Waals surface area contributed by atoms with E-state index in [0.29, 0.717) is 31.9 Å². The maximum Gasteiger partial charge on any atom is 0.409 e. The molecule has 1 aliphatic heterocycles. The van der Waals surface area contributed by atoms with E-state index in [4.69, 9.17) is 4.74 Å². The van der Waals surface area contributed by atoms with Gasteiger partial charge in [0.2, 0.25) is 5.91 Å². The van der Waals surface area contributed by atoms with Crippen molar-refractivity contribution in [2.24, 2.45) is 0 Å². The van der Waals surface area contributed by atoms with Crippen molar-refractivity contribution < 1.29 is 14.3 Å². The highest BCUT2D eigenvalue weighted by molar-refractivity contribution is 7.99. The van der Waals surface area contributed by atoms with Gasteiger partial charge >= 0.3 is 6.09 Å². The molecule has 7 nitrogen and oxygen atoms in total. The summed E-state index contributed by atoms with van der Waals surface area (Å²) in [5.41, 5.74) is 3.42. The van der Waals surface area contributed by atoms with Gasteiger partial charge in [-0.1, -0.05) is 23.9 Å². The van der Waals surface area contributed by atoms with Crippen molar-refractivity contribution in [1.29, 1.82) is 0 Å². The number of imidazole rings is 1. The summed E-state index contributed by atoms with van der Waals surface area (Å²) in [4.78, 5) is 32.3. The molecule has 1 saturated heterocycles. The molecule has 1 fully saturated rings. The van der Waals surface area contributed by atoms with Gasteiger partial charge in [0.25, 0.3) is 0 Å². The molecule has 0 saturated carbocycles. The number of aryl methyl sites for hydroxylation is 2. The Morgan fingerprint density at radius 2 is 1.89 bits per heavy atom. The standard InChI is InChI=1S/C20H26N4O3S/c1-15-5-6-16(2)17(13-15)24-10-7-21-19(24)28-14-18(25)22-8-4-9-23(12-11-22)20(26)27-3/h5-7,10,13H,4,8-9,11-12,14H2,1-3H3. The molecule has 1 aromatic carbocycles. The second kappa shape index (κ2) is 9.14. The summed E-state index contributed by atoms with van der Waals surface area (Å²) in [6.07, 6.45) is 4.10. The third-order valence-corrected chi connectivity index (χ3v) is 5.79. The zero-order valence-corrected chi connectivity index (χ0v) is 17.4. The van der Waals surface area contributed by atoms with Crippen LogP contribution in [0, 0.1) is 13.8 Å². The molecule has 0 radical (unpaired) electrons. The first-order chi connectivity index (χ1) is 13.5. The lowest BCUT2D eigenvalue weighted by Gasteiger charge is -2.21. The Bertz CT molecular complexity index is 852. The second-order valence-corrected chi connectivity index (χ2v) is 7.79. The molecule has 28 heavy (non-hydrogen) atoms. The summed E-state index contributed by atoms with van der Waals surface area (Å²) in [6, 6.07) is 6.30. The van der Waals surface area contributed by atoms with Crippen molar-refractivity contribution in [1.82, 2.24) is 19.4 Å². The van der Waals surface area contributed by atoms with E-state index in [9.17, 15) is 9.59 Å². The van der Waals surface area contributed by atoms with Crippen molar-refractivity contribution in [3.05, 3.63) is 41.7 Å². The van der Waals surface area contributed by atoms with E-state index in [-0.39, 0.29) is 12.0 Å². The molecule has 0 unspecified atom stereocenters. The number of hydrogen-bond acceptors (Lipinski definition) is 5. The topological polar surface area (TPSA) is 67.7 Å². The van der Waals surface area contributed by atoms with Gasteiger partial charge in [0, 0.05) is 38.6 Å². The smallest absolute Gasteiger partial charge is 0.409 e. The van der Waals surface area contributed by atoms with Crippen LogP contribution in [0.5, 0.6) is 0 Å². The molecular weight excluding hydrogens is 376 g/mol. The van der Waals surface area contributed by atoms with E-state index < -0.39 is 0 Å². The molecule has 3 rings (SSSR count). The number of nitrogens with zero attached hydrogens (tertiary/aromatic N) is 4. The molecule has 0 N–H and O–H groups in total. The van der Waals surface area contributed by atoms with Crippen LogP contribution in [0.1, 0.15) is 17.5 Å². The minimum Gasteiger partial charge on any atom is -0.453 e. The summed E-state index contributed by atoms with van der Waals surface area (Å²) in [5, 5.41) is 0.799. The van der Waals surface area contributed by atoms with Crippen molar-refractivity contribution >= 4 is 23.8 Å². The number of carbonyl (C=O) groups is 2. The minimum atomic E-state index is -0.334. The molecule has 2 heterocycles. The Labute approximate surface area is 169 Å². The lowest BCUT2D eigenvalue weighted by Crippen LogP contribution is -2.38. The van der Waals surface area contributed by atoms with Gasteiger partial charge in [-0.2, -0.15) is 0 Å². The fraction of sp³-hybridized carbons (Fsp3) is 0.450. The van der Waals surface area contributed by atoms with Gasteiger partial charge in [0.15, 0.2) is 5.16 Å². The van der Waals surface area contributed by atoms with Gasteiger partial charge in [-0.05, 0) is 37.5 Å². The van der Waals surface area contributed by atoms with Gasteiger partial charge in [-0.3, -0.25) is 9.36 Å². The highest BCUT2D eigenvalue weighted by Gasteiger charge is 2.22. The van der Waals surface area contributed by atoms with Gasteiger partial charge < -0.3 is 14.5 Å². The van der Waals surface area contributed by atoms with Crippen LogP contribution in [-0.4, -0.2) is 70.4 Å². The summed E-state index contributed by atoms with van der Waals surface area (Å²) >= 11 is 1.44. The molecular formula is C20H26N4O3S. The summed E-state index contributed by atoms with van der Waals surface area (Å²) in [6.45, 7) is 6.42. The van der Waals surface area contributed by atoms with Gasteiger partial charge in [-0.15, -0.1) is 0 Å². The number of hydrogen-bond donors (Lipinski definition) is 0. The maximum atomic E-state index is 12.7. The van der Waals surface area contributed by atoms with Crippen LogP contribution in [0.2, 0.25) is 0 Å². The Balaban J connectivity index is 1.62. The van der Waals surface area contributed by atoms with Crippen LogP contribution in [0.15, 0.2) is 35.7 Å².